The molecule has 0 spiro atoms. The quantitative estimate of drug-likeness (QED) is 0.437. The number of nitrogens with one attached hydrogen (secondary N) is 2. The lowest BCUT2D eigenvalue weighted by molar-refractivity contribution is -0.135. The summed E-state index contributed by atoms with van der Waals surface area (Å²) >= 11 is 9.45. The van der Waals surface area contributed by atoms with Crippen molar-refractivity contribution in [2.45, 2.75) is 11.8 Å². The summed E-state index contributed by atoms with van der Waals surface area (Å²) in [5.74, 6) is -0.525. The molecule has 0 atom stereocenters. The van der Waals surface area contributed by atoms with E-state index < -0.39 is 11.8 Å². The van der Waals surface area contributed by atoms with Crippen LogP contribution in [-0.4, -0.2) is 26.8 Å². The molecule has 7 nitrogen and oxygen atoms in total. The van der Waals surface area contributed by atoms with E-state index in [0.29, 0.717) is 17.0 Å². The fraction of sp³-hybridized carbons (Fsp3) is 0.0625. The minimum Gasteiger partial charge on any atom is -0.324 e. The number of H-pyrrole nitrogens is 1. The van der Waals surface area contributed by atoms with Crippen molar-refractivity contribution in [2.24, 2.45) is 0 Å². The molecule has 0 saturated heterocycles. The van der Waals surface area contributed by atoms with Gasteiger partial charge in [-0.3, -0.25) is 15.0 Å². The Kier molecular flexibility index (Phi) is 4.39. The van der Waals surface area contributed by atoms with Gasteiger partial charge in [-0.2, -0.15) is 10.3 Å². The van der Waals surface area contributed by atoms with Gasteiger partial charge in [0.2, 0.25) is 0 Å². The number of aromatic nitrogens is 2. The molecule has 2 aromatic rings. The highest BCUT2D eigenvalue weighted by Gasteiger charge is 2.29. The smallest absolute Gasteiger partial charge is 0.275 e. The number of amides is 2. The highest BCUT2D eigenvalue weighted by molar-refractivity contribution is 7.80. The lowest BCUT2D eigenvalue weighted by Crippen LogP contribution is -2.37. The van der Waals surface area contributed by atoms with Crippen LogP contribution in [0.1, 0.15) is 12.5 Å². The molecule has 3 rings (SSSR count). The minimum absolute atomic E-state index is 0.0333. The van der Waals surface area contributed by atoms with Crippen LogP contribution in [0.5, 0.6) is 0 Å². The molecule has 2 amide bonds. The molecule has 2 heterocycles. The molecular weight excluding hydrogens is 358 g/mol. The van der Waals surface area contributed by atoms with Gasteiger partial charge in [0.25, 0.3) is 11.8 Å². The highest BCUT2D eigenvalue weighted by atomic mass is 32.1. The van der Waals surface area contributed by atoms with E-state index >= 15 is 0 Å². The van der Waals surface area contributed by atoms with Crippen LogP contribution in [0.4, 0.5) is 5.82 Å². The first kappa shape index (κ1) is 16.9. The third kappa shape index (κ3) is 3.17. The number of nitrogens with zero attached hydrogens (tertiary/aromatic N) is 3. The Morgan fingerprint density at radius 1 is 1.40 bits per heavy atom. The molecule has 0 unspecified atom stereocenters. The number of benzene rings is 1. The number of hydrogen-bond donors (Lipinski definition) is 3. The van der Waals surface area contributed by atoms with E-state index in [0.717, 1.165) is 9.90 Å². The summed E-state index contributed by atoms with van der Waals surface area (Å²) in [7, 11) is 0. The zero-order chi connectivity index (χ0) is 18.1. The van der Waals surface area contributed by atoms with Crippen molar-refractivity contribution in [3.8, 4) is 17.5 Å². The van der Waals surface area contributed by atoms with Crippen LogP contribution >= 0.6 is 24.8 Å². The normalized spacial score (nSPS) is 13.6. The first-order valence-corrected chi connectivity index (χ1v) is 7.93. The van der Waals surface area contributed by atoms with Gasteiger partial charge >= 0.3 is 0 Å². The van der Waals surface area contributed by atoms with Crippen LogP contribution in [0.2, 0.25) is 0 Å². The zero-order valence-corrected chi connectivity index (χ0v) is 14.6. The maximum absolute atomic E-state index is 12.0. The summed E-state index contributed by atoms with van der Waals surface area (Å²) in [6.45, 7) is 1.53. The number of aromatic amines is 1. The van der Waals surface area contributed by atoms with E-state index in [9.17, 15) is 14.9 Å². The lowest BCUT2D eigenvalue weighted by Gasteiger charge is -2.18. The highest BCUT2D eigenvalue weighted by Crippen LogP contribution is 2.23. The van der Waals surface area contributed by atoms with Gasteiger partial charge in [-0.15, -0.1) is 12.6 Å². The first-order valence-electron chi connectivity index (χ1n) is 7.08. The summed E-state index contributed by atoms with van der Waals surface area (Å²) in [5, 5.41) is 10.1. The number of rotatable bonds is 3. The van der Waals surface area contributed by atoms with Crippen molar-refractivity contribution in [2.75, 3.05) is 5.43 Å². The van der Waals surface area contributed by atoms with Crippen LogP contribution in [0.25, 0.3) is 11.4 Å². The average molecular weight is 369 g/mol. The first-order chi connectivity index (χ1) is 11.9. The Labute approximate surface area is 153 Å². The molecule has 0 radical (unpaired) electrons. The molecule has 9 heteroatoms. The van der Waals surface area contributed by atoms with Crippen molar-refractivity contribution < 1.29 is 9.59 Å². The SMILES string of the molecule is CC1=CC(=O)N(Nc2[nH]c(-c3cccc(S)c3)nc(=S)c2C#N)C1=O. The van der Waals surface area contributed by atoms with Gasteiger partial charge in [-0.05, 0) is 19.1 Å². The fourth-order valence-corrected chi connectivity index (χ4v) is 2.72. The summed E-state index contributed by atoms with van der Waals surface area (Å²) < 4.78 is 0.0482. The van der Waals surface area contributed by atoms with Gasteiger partial charge in [0.15, 0.2) is 0 Å². The molecule has 124 valence electrons. The summed E-state index contributed by atoms with van der Waals surface area (Å²) in [5.41, 5.74) is 3.66. The Morgan fingerprint density at radius 3 is 2.76 bits per heavy atom. The second-order valence-corrected chi connectivity index (χ2v) is 6.12. The standard InChI is InChI=1S/C16H11N5O2S2/c1-8-5-12(22)21(16(8)23)20-14-11(7-17)15(25)19-13(18-14)9-3-2-4-10(24)6-9/h2-6,24H,1H3,(H2,18,19,20,25). The molecule has 0 bridgehead atoms. The van der Waals surface area contributed by atoms with Crippen LogP contribution in [-0.2, 0) is 9.59 Å². The van der Waals surface area contributed by atoms with Crippen LogP contribution in [0, 0.1) is 16.0 Å². The number of anilines is 1. The number of hydrogen-bond acceptors (Lipinski definition) is 7. The predicted molar refractivity (Wildman–Crippen MR) is 96.1 cm³/mol. The second kappa shape index (κ2) is 6.51. The summed E-state index contributed by atoms with van der Waals surface area (Å²) in [6, 6.07) is 9.09. The third-order valence-electron chi connectivity index (χ3n) is 3.48. The Hall–Kier alpha value is -2.96. The van der Waals surface area contributed by atoms with E-state index in [1.807, 2.05) is 6.07 Å². The summed E-state index contributed by atoms with van der Waals surface area (Å²) in [6.07, 6.45) is 1.21. The molecule has 2 N–H and O–H groups in total. The maximum atomic E-state index is 12.0. The molecule has 1 aliphatic rings. The zero-order valence-electron chi connectivity index (χ0n) is 12.9. The van der Waals surface area contributed by atoms with Gasteiger partial charge in [0.1, 0.15) is 27.9 Å². The van der Waals surface area contributed by atoms with Crippen LogP contribution in [0.15, 0.2) is 40.8 Å². The van der Waals surface area contributed by atoms with E-state index in [4.69, 9.17) is 12.2 Å². The monoisotopic (exact) mass is 369 g/mol. The van der Waals surface area contributed by atoms with Gasteiger partial charge in [-0.25, -0.2) is 4.98 Å². The molecule has 0 saturated carbocycles. The Bertz CT molecular complexity index is 1040. The topological polar surface area (TPSA) is 102 Å². The van der Waals surface area contributed by atoms with Gasteiger partial charge in [0, 0.05) is 22.1 Å². The number of thiol groups is 1. The number of imide groups is 1. The molecule has 1 aliphatic heterocycles. The number of nitriles is 1. The third-order valence-corrected chi connectivity index (χ3v) is 4.05. The number of hydrazine groups is 1. The Balaban J connectivity index is 2.07. The molecule has 1 aromatic heterocycles. The predicted octanol–water partition coefficient (Wildman–Crippen LogP) is 2.61. The summed E-state index contributed by atoms with van der Waals surface area (Å²) in [4.78, 5) is 31.8. The Morgan fingerprint density at radius 2 is 2.16 bits per heavy atom. The number of carbonyl (C=O) groups excluding carboxylic acids is 2. The van der Waals surface area contributed by atoms with E-state index in [1.165, 1.54) is 13.0 Å². The molecule has 0 fully saturated rings. The number of carbonyl (C=O) groups is 2. The van der Waals surface area contributed by atoms with Gasteiger partial charge in [-0.1, -0.05) is 24.4 Å². The average Bonchev–Trinajstić information content (AvgIpc) is 2.81. The van der Waals surface area contributed by atoms with Crippen molar-refractivity contribution >= 4 is 42.5 Å². The maximum Gasteiger partial charge on any atom is 0.275 e. The molecule has 25 heavy (non-hydrogen) atoms. The van der Waals surface area contributed by atoms with E-state index in [2.05, 4.69) is 28.0 Å². The van der Waals surface area contributed by atoms with Gasteiger partial charge in [0.05, 0.1) is 0 Å². The molecule has 1 aromatic carbocycles. The van der Waals surface area contributed by atoms with E-state index in [1.54, 1.807) is 24.3 Å². The van der Waals surface area contributed by atoms with Crippen LogP contribution < -0.4 is 5.43 Å². The van der Waals surface area contributed by atoms with Crippen molar-refractivity contribution in [1.82, 2.24) is 15.0 Å². The largest absolute Gasteiger partial charge is 0.324 e. The molecular formula is C16H11N5O2S2. The van der Waals surface area contributed by atoms with E-state index in [-0.39, 0.29) is 16.0 Å². The van der Waals surface area contributed by atoms with Gasteiger partial charge < -0.3 is 4.98 Å². The van der Waals surface area contributed by atoms with Crippen molar-refractivity contribution in [3.05, 3.63) is 46.1 Å². The minimum atomic E-state index is -0.526. The van der Waals surface area contributed by atoms with Crippen molar-refractivity contribution in [1.29, 1.82) is 5.26 Å². The second-order valence-electron chi connectivity index (χ2n) is 5.22. The fourth-order valence-electron chi connectivity index (χ4n) is 2.26. The van der Waals surface area contributed by atoms with Crippen molar-refractivity contribution in [3.63, 3.8) is 0 Å². The lowest BCUT2D eigenvalue weighted by atomic mass is 10.2. The molecule has 0 aliphatic carbocycles. The van der Waals surface area contributed by atoms with Crippen LogP contribution in [0.3, 0.4) is 0 Å².